The van der Waals surface area contributed by atoms with Gasteiger partial charge in [0.2, 0.25) is 0 Å². The van der Waals surface area contributed by atoms with E-state index in [1.54, 1.807) is 0 Å². The molecular weight excluding hydrogens is 222 g/mol. The summed E-state index contributed by atoms with van der Waals surface area (Å²) in [4.78, 5) is 13.9. The quantitative estimate of drug-likeness (QED) is 0.810. The third-order valence-corrected chi connectivity index (χ3v) is 3.92. The second-order valence-corrected chi connectivity index (χ2v) is 5.51. The molecule has 0 bridgehead atoms. The first-order valence-electron chi connectivity index (χ1n) is 6.96. The van der Waals surface area contributed by atoms with Crippen molar-refractivity contribution in [3.63, 3.8) is 0 Å². The first-order valence-corrected chi connectivity index (χ1v) is 6.96. The van der Waals surface area contributed by atoms with Crippen LogP contribution in [-0.4, -0.2) is 19.9 Å². The molecule has 1 aromatic rings. The molecule has 98 valence electrons. The summed E-state index contributed by atoms with van der Waals surface area (Å²) < 4.78 is 0. The van der Waals surface area contributed by atoms with Crippen LogP contribution in [0.4, 0.5) is 5.69 Å². The third kappa shape index (κ3) is 3.34. The fourth-order valence-electron chi connectivity index (χ4n) is 2.66. The fourth-order valence-corrected chi connectivity index (χ4v) is 2.66. The van der Waals surface area contributed by atoms with Gasteiger partial charge in [-0.25, -0.2) is 0 Å². The summed E-state index contributed by atoms with van der Waals surface area (Å²) in [6, 6.07) is 8.67. The van der Waals surface area contributed by atoms with Gasteiger partial charge >= 0.3 is 0 Å². The van der Waals surface area contributed by atoms with E-state index in [4.69, 9.17) is 0 Å². The van der Waals surface area contributed by atoms with Gasteiger partial charge in [0.1, 0.15) is 5.78 Å². The van der Waals surface area contributed by atoms with Crippen molar-refractivity contribution in [2.75, 3.05) is 19.0 Å². The molecule has 0 spiro atoms. The average Bonchev–Trinajstić information content (AvgIpc) is 2.38. The molecule has 2 nitrogen and oxygen atoms in total. The van der Waals surface area contributed by atoms with Crippen molar-refractivity contribution in [3.05, 3.63) is 29.8 Å². The van der Waals surface area contributed by atoms with Crippen molar-refractivity contribution in [2.24, 2.45) is 5.92 Å². The molecule has 1 saturated carbocycles. The summed E-state index contributed by atoms with van der Waals surface area (Å²) in [7, 11) is 4.10. The summed E-state index contributed by atoms with van der Waals surface area (Å²) in [5.74, 6) is 0.818. The zero-order chi connectivity index (χ0) is 13.0. The molecule has 0 aliphatic heterocycles. The summed E-state index contributed by atoms with van der Waals surface area (Å²) in [5, 5.41) is 0. The largest absolute Gasteiger partial charge is 0.378 e. The molecule has 0 amide bonds. The number of hydrogen-bond acceptors (Lipinski definition) is 2. The molecule has 1 aromatic carbocycles. The van der Waals surface area contributed by atoms with E-state index in [2.05, 4.69) is 43.3 Å². The van der Waals surface area contributed by atoms with Gasteiger partial charge in [-0.3, -0.25) is 4.79 Å². The lowest BCUT2D eigenvalue weighted by molar-refractivity contribution is -0.124. The standard InChI is InChI=1S/C16H23NO/c1-17(2)15-11-8-13(9-12-15)7-10-14-5-3-4-6-16(14)18/h8-9,11-12,14H,3-7,10H2,1-2H3. The van der Waals surface area contributed by atoms with E-state index >= 15 is 0 Å². The maximum Gasteiger partial charge on any atom is 0.135 e. The van der Waals surface area contributed by atoms with Gasteiger partial charge in [0, 0.05) is 32.1 Å². The van der Waals surface area contributed by atoms with Crippen LogP contribution in [0.5, 0.6) is 0 Å². The molecule has 0 aromatic heterocycles. The Morgan fingerprint density at radius 1 is 1.17 bits per heavy atom. The molecule has 1 unspecified atom stereocenters. The van der Waals surface area contributed by atoms with Crippen molar-refractivity contribution in [1.82, 2.24) is 0 Å². The Morgan fingerprint density at radius 2 is 1.89 bits per heavy atom. The summed E-state index contributed by atoms with van der Waals surface area (Å²) in [6.45, 7) is 0. The predicted molar refractivity (Wildman–Crippen MR) is 76.1 cm³/mol. The SMILES string of the molecule is CN(C)c1ccc(CCC2CCCCC2=O)cc1. The van der Waals surface area contributed by atoms with Gasteiger partial charge in [-0.15, -0.1) is 0 Å². The second kappa shape index (κ2) is 6.03. The minimum Gasteiger partial charge on any atom is -0.378 e. The van der Waals surface area contributed by atoms with Crippen molar-refractivity contribution in [2.45, 2.75) is 38.5 Å². The summed E-state index contributed by atoms with van der Waals surface area (Å²) in [6.07, 6.45) is 6.31. The van der Waals surface area contributed by atoms with Gasteiger partial charge in [0.15, 0.2) is 0 Å². The topological polar surface area (TPSA) is 20.3 Å². The lowest BCUT2D eigenvalue weighted by Crippen LogP contribution is -2.19. The number of anilines is 1. The van der Waals surface area contributed by atoms with Crippen LogP contribution in [0.1, 0.15) is 37.7 Å². The van der Waals surface area contributed by atoms with E-state index in [0.29, 0.717) is 11.7 Å². The molecule has 0 saturated heterocycles. The summed E-state index contributed by atoms with van der Waals surface area (Å²) in [5.41, 5.74) is 2.58. The number of ketones is 1. The normalized spacial score (nSPS) is 19.9. The van der Waals surface area contributed by atoms with E-state index in [0.717, 1.165) is 32.1 Å². The van der Waals surface area contributed by atoms with Crippen LogP contribution in [0.3, 0.4) is 0 Å². The van der Waals surface area contributed by atoms with Crippen molar-refractivity contribution in [1.29, 1.82) is 0 Å². The third-order valence-electron chi connectivity index (χ3n) is 3.92. The number of carbonyl (C=O) groups excluding carboxylic acids is 1. The zero-order valence-corrected chi connectivity index (χ0v) is 11.5. The van der Waals surface area contributed by atoms with Crippen LogP contribution in [0.25, 0.3) is 0 Å². The van der Waals surface area contributed by atoms with Crippen LogP contribution in [-0.2, 0) is 11.2 Å². The summed E-state index contributed by atoms with van der Waals surface area (Å²) >= 11 is 0. The highest BCUT2D eigenvalue weighted by molar-refractivity contribution is 5.81. The average molecular weight is 245 g/mol. The zero-order valence-electron chi connectivity index (χ0n) is 11.5. The number of nitrogens with zero attached hydrogens (tertiary/aromatic N) is 1. The number of benzene rings is 1. The maximum absolute atomic E-state index is 11.8. The highest BCUT2D eigenvalue weighted by atomic mass is 16.1. The minimum absolute atomic E-state index is 0.326. The van der Waals surface area contributed by atoms with E-state index < -0.39 is 0 Å². The number of aryl methyl sites for hydroxylation is 1. The van der Waals surface area contributed by atoms with Gasteiger partial charge in [0.25, 0.3) is 0 Å². The monoisotopic (exact) mass is 245 g/mol. The van der Waals surface area contributed by atoms with E-state index in [1.807, 2.05) is 0 Å². The lowest BCUT2D eigenvalue weighted by Gasteiger charge is -2.20. The molecule has 1 aliphatic rings. The fraction of sp³-hybridized carbons (Fsp3) is 0.562. The Bertz CT molecular complexity index is 394. The molecule has 0 radical (unpaired) electrons. The number of rotatable bonds is 4. The van der Waals surface area contributed by atoms with Crippen LogP contribution in [0.15, 0.2) is 24.3 Å². The van der Waals surface area contributed by atoms with Gasteiger partial charge in [-0.2, -0.15) is 0 Å². The van der Waals surface area contributed by atoms with E-state index in [-0.39, 0.29) is 0 Å². The Balaban J connectivity index is 1.87. The van der Waals surface area contributed by atoms with Crippen LogP contribution < -0.4 is 4.90 Å². The number of hydrogen-bond donors (Lipinski definition) is 0. The van der Waals surface area contributed by atoms with Crippen molar-refractivity contribution in [3.8, 4) is 0 Å². The highest BCUT2D eigenvalue weighted by Gasteiger charge is 2.21. The van der Waals surface area contributed by atoms with Crippen molar-refractivity contribution < 1.29 is 4.79 Å². The maximum atomic E-state index is 11.8. The highest BCUT2D eigenvalue weighted by Crippen LogP contribution is 2.25. The van der Waals surface area contributed by atoms with Crippen molar-refractivity contribution >= 4 is 11.5 Å². The van der Waals surface area contributed by atoms with Crippen LogP contribution >= 0.6 is 0 Å². The lowest BCUT2D eigenvalue weighted by atomic mass is 9.84. The smallest absolute Gasteiger partial charge is 0.135 e. The molecule has 2 rings (SSSR count). The van der Waals surface area contributed by atoms with Gasteiger partial charge in [-0.05, 0) is 43.4 Å². The first-order chi connectivity index (χ1) is 8.66. The molecule has 0 heterocycles. The molecule has 0 N–H and O–H groups in total. The van der Waals surface area contributed by atoms with E-state index in [1.165, 1.54) is 17.7 Å². The molecule has 1 atom stereocenters. The Hall–Kier alpha value is -1.31. The first kappa shape index (κ1) is 13.1. The second-order valence-electron chi connectivity index (χ2n) is 5.51. The van der Waals surface area contributed by atoms with Gasteiger partial charge in [0.05, 0.1) is 0 Å². The number of Topliss-reactive ketones (excluding diaryl/α,β-unsaturated/α-hetero) is 1. The molecule has 2 heteroatoms. The van der Waals surface area contributed by atoms with Crippen LogP contribution in [0, 0.1) is 5.92 Å². The number of carbonyl (C=O) groups is 1. The minimum atomic E-state index is 0.326. The molecule has 18 heavy (non-hydrogen) atoms. The molecular formula is C16H23NO. The van der Waals surface area contributed by atoms with Gasteiger partial charge in [-0.1, -0.05) is 18.6 Å². The molecule has 1 aliphatic carbocycles. The Labute approximate surface area is 110 Å². The van der Waals surface area contributed by atoms with Crippen LogP contribution in [0.2, 0.25) is 0 Å². The molecule has 1 fully saturated rings. The van der Waals surface area contributed by atoms with E-state index in [9.17, 15) is 4.79 Å². The van der Waals surface area contributed by atoms with Gasteiger partial charge < -0.3 is 4.90 Å². The Morgan fingerprint density at radius 3 is 2.50 bits per heavy atom. The predicted octanol–water partition coefficient (Wildman–Crippen LogP) is 3.44. The Kier molecular flexibility index (Phi) is 4.40.